The fourth-order valence-corrected chi connectivity index (χ4v) is 2.21. The Labute approximate surface area is 115 Å². The molecule has 0 aromatic heterocycles. The van der Waals surface area contributed by atoms with Gasteiger partial charge in [-0.2, -0.15) is 0 Å². The van der Waals surface area contributed by atoms with E-state index in [-0.39, 0.29) is 16.9 Å². The maximum atomic E-state index is 12.1. The number of hydrogen-bond acceptors (Lipinski definition) is 5. The van der Waals surface area contributed by atoms with Crippen molar-refractivity contribution in [1.29, 1.82) is 0 Å². The molecular weight excluding hydrogens is 262 g/mol. The quantitative estimate of drug-likeness (QED) is 0.295. The van der Waals surface area contributed by atoms with E-state index in [1.807, 2.05) is 0 Å². The van der Waals surface area contributed by atoms with Gasteiger partial charge in [-0.05, 0) is 25.3 Å². The highest BCUT2D eigenvalue weighted by Crippen LogP contribution is 2.21. The highest BCUT2D eigenvalue weighted by Gasteiger charge is 2.27. The number of nitro groups is 1. The molecule has 2 rings (SSSR count). The third kappa shape index (κ3) is 2.76. The SMILES string of the molecule is Nc1ccc([N+](=O)[O-])cc1C(=O)C(=O)N1CCCCC1. The number of nitro benzene ring substituents is 1. The minimum Gasteiger partial charge on any atom is -0.398 e. The molecule has 106 valence electrons. The van der Waals surface area contributed by atoms with Crippen molar-refractivity contribution in [2.75, 3.05) is 18.8 Å². The molecule has 1 fully saturated rings. The van der Waals surface area contributed by atoms with Crippen molar-refractivity contribution in [3.63, 3.8) is 0 Å². The number of piperidine rings is 1. The summed E-state index contributed by atoms with van der Waals surface area (Å²) in [5.41, 5.74) is 5.36. The van der Waals surface area contributed by atoms with Gasteiger partial charge >= 0.3 is 0 Å². The van der Waals surface area contributed by atoms with Crippen LogP contribution in [0.25, 0.3) is 0 Å². The van der Waals surface area contributed by atoms with Gasteiger partial charge in [-0.15, -0.1) is 0 Å². The highest BCUT2D eigenvalue weighted by atomic mass is 16.6. The lowest BCUT2D eigenvalue weighted by Gasteiger charge is -2.26. The second-order valence-electron chi connectivity index (χ2n) is 4.71. The van der Waals surface area contributed by atoms with Gasteiger partial charge in [-0.25, -0.2) is 0 Å². The van der Waals surface area contributed by atoms with Crippen LogP contribution in [0.15, 0.2) is 18.2 Å². The molecule has 1 aromatic rings. The topological polar surface area (TPSA) is 107 Å². The van der Waals surface area contributed by atoms with Gasteiger partial charge in [-0.1, -0.05) is 0 Å². The average molecular weight is 277 g/mol. The van der Waals surface area contributed by atoms with E-state index in [2.05, 4.69) is 0 Å². The van der Waals surface area contributed by atoms with Gasteiger partial charge in [0.1, 0.15) is 0 Å². The van der Waals surface area contributed by atoms with Gasteiger partial charge in [0.25, 0.3) is 17.4 Å². The van der Waals surface area contributed by atoms with E-state index in [1.54, 1.807) is 0 Å². The van der Waals surface area contributed by atoms with E-state index in [4.69, 9.17) is 5.73 Å². The van der Waals surface area contributed by atoms with E-state index in [0.29, 0.717) is 13.1 Å². The Morgan fingerprint density at radius 2 is 1.85 bits per heavy atom. The number of non-ortho nitro benzene ring substituents is 1. The molecule has 0 bridgehead atoms. The molecule has 0 atom stereocenters. The summed E-state index contributed by atoms with van der Waals surface area (Å²) >= 11 is 0. The number of benzene rings is 1. The first-order chi connectivity index (χ1) is 9.50. The Balaban J connectivity index is 2.25. The number of nitrogens with zero attached hydrogens (tertiary/aromatic N) is 2. The zero-order valence-electron chi connectivity index (χ0n) is 10.9. The average Bonchev–Trinajstić information content (AvgIpc) is 2.47. The summed E-state index contributed by atoms with van der Waals surface area (Å²) in [6, 6.07) is 3.53. The number of Topliss-reactive ketones (excluding diaryl/α,β-unsaturated/α-hetero) is 1. The largest absolute Gasteiger partial charge is 0.398 e. The van der Waals surface area contributed by atoms with Crippen LogP contribution in [0.5, 0.6) is 0 Å². The lowest BCUT2D eigenvalue weighted by atomic mass is 10.0. The normalized spacial score (nSPS) is 14.9. The molecule has 7 nitrogen and oxygen atoms in total. The number of hydrogen-bond donors (Lipinski definition) is 1. The summed E-state index contributed by atoms with van der Waals surface area (Å²) in [7, 11) is 0. The van der Waals surface area contributed by atoms with Gasteiger partial charge in [0, 0.05) is 30.9 Å². The number of carbonyl (C=O) groups is 2. The van der Waals surface area contributed by atoms with Crippen LogP contribution >= 0.6 is 0 Å². The van der Waals surface area contributed by atoms with Gasteiger partial charge < -0.3 is 10.6 Å². The molecule has 1 aliphatic heterocycles. The van der Waals surface area contributed by atoms with E-state index in [1.165, 1.54) is 17.0 Å². The molecule has 1 aliphatic rings. The maximum absolute atomic E-state index is 12.1. The van der Waals surface area contributed by atoms with E-state index >= 15 is 0 Å². The molecule has 0 radical (unpaired) electrons. The maximum Gasteiger partial charge on any atom is 0.295 e. The molecular formula is C13H15N3O4. The number of rotatable bonds is 3. The minimum absolute atomic E-state index is 0.0750. The van der Waals surface area contributed by atoms with Crippen molar-refractivity contribution in [2.45, 2.75) is 19.3 Å². The summed E-state index contributed by atoms with van der Waals surface area (Å²) in [4.78, 5) is 35.8. The van der Waals surface area contributed by atoms with E-state index < -0.39 is 16.6 Å². The Morgan fingerprint density at radius 3 is 2.45 bits per heavy atom. The number of likely N-dealkylation sites (tertiary alicyclic amines) is 1. The molecule has 20 heavy (non-hydrogen) atoms. The number of nitrogen functional groups attached to an aromatic ring is 1. The second-order valence-corrected chi connectivity index (χ2v) is 4.71. The zero-order chi connectivity index (χ0) is 14.7. The highest BCUT2D eigenvalue weighted by molar-refractivity contribution is 6.43. The molecule has 0 unspecified atom stereocenters. The summed E-state index contributed by atoms with van der Waals surface area (Å²) in [5.74, 6) is -1.43. The second kappa shape index (κ2) is 5.68. The molecule has 7 heteroatoms. The monoisotopic (exact) mass is 277 g/mol. The van der Waals surface area contributed by atoms with Crippen molar-refractivity contribution in [3.8, 4) is 0 Å². The molecule has 1 amide bonds. The van der Waals surface area contributed by atoms with Crippen LogP contribution in [0.1, 0.15) is 29.6 Å². The summed E-state index contributed by atoms with van der Waals surface area (Å²) in [6.07, 6.45) is 2.77. The van der Waals surface area contributed by atoms with Gasteiger partial charge in [-0.3, -0.25) is 19.7 Å². The summed E-state index contributed by atoms with van der Waals surface area (Å²) < 4.78 is 0. The fourth-order valence-electron chi connectivity index (χ4n) is 2.21. The van der Waals surface area contributed by atoms with Crippen LogP contribution in [0, 0.1) is 10.1 Å². The molecule has 0 saturated carbocycles. The first-order valence-corrected chi connectivity index (χ1v) is 6.38. The van der Waals surface area contributed by atoms with Crippen molar-refractivity contribution >= 4 is 23.1 Å². The molecule has 0 spiro atoms. The van der Waals surface area contributed by atoms with E-state index in [0.717, 1.165) is 25.3 Å². The number of anilines is 1. The Bertz CT molecular complexity index is 565. The minimum atomic E-state index is -0.784. The standard InChI is InChI=1S/C13H15N3O4/c14-11-5-4-9(16(19)20)8-10(11)12(17)13(18)15-6-2-1-3-7-15/h4-5,8H,1-3,6-7,14H2. The van der Waals surface area contributed by atoms with Crippen LogP contribution < -0.4 is 5.73 Å². The predicted molar refractivity (Wildman–Crippen MR) is 72.3 cm³/mol. The van der Waals surface area contributed by atoms with E-state index in [9.17, 15) is 19.7 Å². The number of nitrogens with two attached hydrogens (primary N) is 1. The summed E-state index contributed by atoms with van der Waals surface area (Å²) in [5, 5.41) is 10.7. The summed E-state index contributed by atoms with van der Waals surface area (Å²) in [6.45, 7) is 1.08. The fraction of sp³-hybridized carbons (Fsp3) is 0.385. The third-order valence-corrected chi connectivity index (χ3v) is 3.33. The van der Waals surface area contributed by atoms with Gasteiger partial charge in [0.15, 0.2) is 0 Å². The molecule has 0 aliphatic carbocycles. The van der Waals surface area contributed by atoms with Crippen LogP contribution in [0.3, 0.4) is 0 Å². The van der Waals surface area contributed by atoms with Crippen LogP contribution in [0.4, 0.5) is 11.4 Å². The van der Waals surface area contributed by atoms with Crippen LogP contribution in [-0.4, -0.2) is 34.6 Å². The smallest absolute Gasteiger partial charge is 0.295 e. The lowest BCUT2D eigenvalue weighted by Crippen LogP contribution is -2.40. The number of carbonyl (C=O) groups excluding carboxylic acids is 2. The first kappa shape index (κ1) is 14.0. The third-order valence-electron chi connectivity index (χ3n) is 3.33. The Hall–Kier alpha value is -2.44. The molecule has 1 aromatic carbocycles. The zero-order valence-corrected chi connectivity index (χ0v) is 10.9. The predicted octanol–water partition coefficient (Wildman–Crippen LogP) is 1.37. The molecule has 1 saturated heterocycles. The number of amides is 1. The van der Waals surface area contributed by atoms with Crippen molar-refractivity contribution in [2.24, 2.45) is 0 Å². The van der Waals surface area contributed by atoms with Crippen molar-refractivity contribution in [1.82, 2.24) is 4.90 Å². The van der Waals surface area contributed by atoms with Crippen LogP contribution in [-0.2, 0) is 4.79 Å². The van der Waals surface area contributed by atoms with Crippen molar-refractivity contribution < 1.29 is 14.5 Å². The first-order valence-electron chi connectivity index (χ1n) is 6.38. The van der Waals surface area contributed by atoms with Crippen molar-refractivity contribution in [3.05, 3.63) is 33.9 Å². The Kier molecular flexibility index (Phi) is 3.97. The lowest BCUT2D eigenvalue weighted by molar-refractivity contribution is -0.384. The molecule has 2 N–H and O–H groups in total. The van der Waals surface area contributed by atoms with Crippen LogP contribution in [0.2, 0.25) is 0 Å². The number of ketones is 1. The van der Waals surface area contributed by atoms with Gasteiger partial charge in [0.2, 0.25) is 0 Å². The van der Waals surface area contributed by atoms with Gasteiger partial charge in [0.05, 0.1) is 10.5 Å². The Morgan fingerprint density at radius 1 is 1.20 bits per heavy atom. The molecule has 1 heterocycles.